The summed E-state index contributed by atoms with van der Waals surface area (Å²) in [5.74, 6) is -2.57. The second kappa shape index (κ2) is 11.4. The molecule has 0 radical (unpaired) electrons. The quantitative estimate of drug-likeness (QED) is 0.502. The van der Waals surface area contributed by atoms with Crippen molar-refractivity contribution in [1.29, 1.82) is 0 Å². The summed E-state index contributed by atoms with van der Waals surface area (Å²) in [6.07, 6.45) is 1.40. The highest BCUT2D eigenvalue weighted by Gasteiger charge is 2.25. The number of hydrogen-bond donors (Lipinski definition) is 2. The molecule has 3 N–H and O–H groups in total. The van der Waals surface area contributed by atoms with E-state index in [2.05, 4.69) is 4.98 Å². The van der Waals surface area contributed by atoms with Gasteiger partial charge in [-0.1, -0.05) is 24.9 Å². The van der Waals surface area contributed by atoms with Gasteiger partial charge in [0.25, 0.3) is 11.5 Å². The molecule has 2 rings (SSSR count). The Bertz CT molecular complexity index is 1100. The van der Waals surface area contributed by atoms with Gasteiger partial charge in [0.05, 0.1) is 17.2 Å². The predicted octanol–water partition coefficient (Wildman–Crippen LogP) is 1.55. The van der Waals surface area contributed by atoms with Crippen LogP contribution in [0.25, 0.3) is 0 Å². The van der Waals surface area contributed by atoms with Crippen molar-refractivity contribution in [2.24, 2.45) is 0 Å². The lowest BCUT2D eigenvalue weighted by Crippen LogP contribution is -2.44. The van der Waals surface area contributed by atoms with Crippen molar-refractivity contribution < 1.29 is 23.5 Å². The molecule has 0 bridgehead atoms. The molecule has 1 aromatic carbocycles. The van der Waals surface area contributed by atoms with E-state index in [1.165, 1.54) is 7.11 Å². The zero-order valence-electron chi connectivity index (χ0n) is 17.7. The first-order chi connectivity index (χ1) is 15.2. The minimum absolute atomic E-state index is 0.0381. The zero-order chi connectivity index (χ0) is 23.8. The van der Waals surface area contributed by atoms with Gasteiger partial charge in [0.15, 0.2) is 12.3 Å². The number of ether oxygens (including phenoxy) is 2. The SMILES string of the molecule is CCCCn1c(N)c(N(CCOC)C(=O)COC(=O)c2ccc(F)cc2Cl)c(=O)[nH]c1=O. The number of hydrogen-bond acceptors (Lipinski definition) is 7. The largest absolute Gasteiger partial charge is 0.452 e. The Labute approximate surface area is 187 Å². The maximum atomic E-state index is 13.2. The number of methoxy groups -OCH3 is 1. The van der Waals surface area contributed by atoms with Gasteiger partial charge in [0.1, 0.15) is 11.6 Å². The van der Waals surface area contributed by atoms with Gasteiger partial charge >= 0.3 is 11.7 Å². The molecule has 10 nitrogen and oxygen atoms in total. The molecule has 32 heavy (non-hydrogen) atoms. The van der Waals surface area contributed by atoms with E-state index in [9.17, 15) is 23.6 Å². The van der Waals surface area contributed by atoms with E-state index in [1.807, 2.05) is 6.92 Å². The average molecular weight is 471 g/mol. The highest BCUT2D eigenvalue weighted by molar-refractivity contribution is 6.33. The van der Waals surface area contributed by atoms with E-state index in [0.29, 0.717) is 6.42 Å². The third-order valence-electron chi connectivity index (χ3n) is 4.52. The smallest absolute Gasteiger partial charge is 0.340 e. The first kappa shape index (κ1) is 25.1. The van der Waals surface area contributed by atoms with Crippen LogP contribution in [0.3, 0.4) is 0 Å². The summed E-state index contributed by atoms with van der Waals surface area (Å²) in [7, 11) is 1.40. The molecule has 1 aromatic heterocycles. The number of nitrogens with zero attached hydrogens (tertiary/aromatic N) is 2. The second-order valence-corrected chi connectivity index (χ2v) is 7.14. The predicted molar refractivity (Wildman–Crippen MR) is 117 cm³/mol. The van der Waals surface area contributed by atoms with Crippen molar-refractivity contribution in [3.05, 3.63) is 55.4 Å². The number of nitrogen functional groups attached to an aromatic ring is 1. The van der Waals surface area contributed by atoms with Gasteiger partial charge in [-0.15, -0.1) is 0 Å². The number of carbonyl (C=O) groups excluding carboxylic acids is 2. The van der Waals surface area contributed by atoms with Crippen LogP contribution in [0.2, 0.25) is 5.02 Å². The highest BCUT2D eigenvalue weighted by atomic mass is 35.5. The highest BCUT2D eigenvalue weighted by Crippen LogP contribution is 2.20. The Kier molecular flexibility index (Phi) is 8.97. The third kappa shape index (κ3) is 5.95. The molecule has 0 fully saturated rings. The number of aromatic amines is 1. The Morgan fingerprint density at radius 1 is 1.31 bits per heavy atom. The molecular weight excluding hydrogens is 447 g/mol. The lowest BCUT2D eigenvalue weighted by atomic mass is 10.2. The molecule has 1 heterocycles. The average Bonchev–Trinajstić information content (AvgIpc) is 2.73. The molecule has 0 unspecified atom stereocenters. The summed E-state index contributed by atoms with van der Waals surface area (Å²) in [6, 6.07) is 3.08. The van der Waals surface area contributed by atoms with Crippen LogP contribution in [-0.2, 0) is 20.8 Å². The molecule has 0 aliphatic carbocycles. The first-order valence-electron chi connectivity index (χ1n) is 9.75. The number of halogens is 2. The summed E-state index contributed by atoms with van der Waals surface area (Å²) >= 11 is 5.84. The molecule has 1 amide bonds. The zero-order valence-corrected chi connectivity index (χ0v) is 18.4. The number of unbranched alkanes of at least 4 members (excludes halogenated alkanes) is 1. The van der Waals surface area contributed by atoms with Crippen LogP contribution in [0.1, 0.15) is 30.1 Å². The molecule has 2 aromatic rings. The number of rotatable bonds is 10. The Morgan fingerprint density at radius 2 is 2.03 bits per heavy atom. The van der Waals surface area contributed by atoms with Crippen molar-refractivity contribution in [2.45, 2.75) is 26.3 Å². The van der Waals surface area contributed by atoms with Gasteiger partial charge < -0.3 is 15.2 Å². The fourth-order valence-electron chi connectivity index (χ4n) is 2.86. The van der Waals surface area contributed by atoms with E-state index in [0.717, 1.165) is 34.1 Å². The van der Waals surface area contributed by atoms with E-state index in [1.54, 1.807) is 0 Å². The number of esters is 1. The lowest BCUT2D eigenvalue weighted by Gasteiger charge is -2.24. The summed E-state index contributed by atoms with van der Waals surface area (Å²) in [6.45, 7) is 1.35. The third-order valence-corrected chi connectivity index (χ3v) is 4.83. The number of benzene rings is 1. The van der Waals surface area contributed by atoms with Gasteiger partial charge in [-0.2, -0.15) is 0 Å². The second-order valence-electron chi connectivity index (χ2n) is 6.74. The fraction of sp³-hybridized carbons (Fsp3) is 0.400. The van der Waals surface area contributed by atoms with Crippen LogP contribution in [0.15, 0.2) is 27.8 Å². The van der Waals surface area contributed by atoms with Crippen LogP contribution < -0.4 is 21.9 Å². The van der Waals surface area contributed by atoms with Crippen LogP contribution in [0.5, 0.6) is 0 Å². The molecular formula is C20H24ClFN4O6. The fourth-order valence-corrected chi connectivity index (χ4v) is 3.10. The molecule has 0 aliphatic rings. The molecule has 0 aliphatic heterocycles. The molecule has 12 heteroatoms. The molecule has 174 valence electrons. The molecule has 0 saturated heterocycles. The normalized spacial score (nSPS) is 10.8. The number of amides is 1. The summed E-state index contributed by atoms with van der Waals surface area (Å²) < 4.78 is 24.3. The van der Waals surface area contributed by atoms with Crippen molar-refractivity contribution in [3.8, 4) is 0 Å². The van der Waals surface area contributed by atoms with E-state index in [-0.39, 0.29) is 41.8 Å². The van der Waals surface area contributed by atoms with Gasteiger partial charge in [0, 0.05) is 20.2 Å². The minimum atomic E-state index is -0.954. The molecule has 0 atom stereocenters. The number of H-pyrrole nitrogens is 1. The monoisotopic (exact) mass is 470 g/mol. The summed E-state index contributed by atoms with van der Waals surface area (Å²) in [5, 5.41) is -0.178. The van der Waals surface area contributed by atoms with Crippen LogP contribution >= 0.6 is 11.6 Å². The molecule has 0 spiro atoms. The Morgan fingerprint density at radius 3 is 2.66 bits per heavy atom. The van der Waals surface area contributed by atoms with Crippen LogP contribution in [0, 0.1) is 5.82 Å². The van der Waals surface area contributed by atoms with Crippen molar-refractivity contribution in [3.63, 3.8) is 0 Å². The number of nitrogens with two attached hydrogens (primary N) is 1. The van der Waals surface area contributed by atoms with E-state index in [4.69, 9.17) is 26.8 Å². The van der Waals surface area contributed by atoms with Crippen molar-refractivity contribution in [1.82, 2.24) is 9.55 Å². The van der Waals surface area contributed by atoms with E-state index >= 15 is 0 Å². The number of nitrogens with one attached hydrogen (secondary N) is 1. The van der Waals surface area contributed by atoms with Crippen LogP contribution in [-0.4, -0.2) is 48.3 Å². The van der Waals surface area contributed by atoms with Gasteiger partial charge in [-0.05, 0) is 24.6 Å². The maximum Gasteiger partial charge on any atom is 0.340 e. The summed E-state index contributed by atoms with van der Waals surface area (Å²) in [5.41, 5.74) is 4.13. The standard InChI is InChI=1S/C20H24ClFN4O6/c1-3-4-7-26-17(23)16(18(28)24-20(26)30)25(8-9-31-2)15(27)11-32-19(29)13-6-5-12(22)10-14(13)21/h5-6,10H,3-4,7-9,11,23H2,1-2H3,(H,24,28,30). The van der Waals surface area contributed by atoms with Gasteiger partial charge in [-0.25, -0.2) is 14.0 Å². The van der Waals surface area contributed by atoms with E-state index < -0.39 is 35.5 Å². The Hall–Kier alpha value is -3.18. The summed E-state index contributed by atoms with van der Waals surface area (Å²) in [4.78, 5) is 52.9. The maximum absolute atomic E-state index is 13.2. The minimum Gasteiger partial charge on any atom is -0.452 e. The Balaban J connectivity index is 2.31. The lowest BCUT2D eigenvalue weighted by molar-refractivity contribution is -0.121. The van der Waals surface area contributed by atoms with Crippen molar-refractivity contribution in [2.75, 3.05) is 37.5 Å². The number of anilines is 2. The van der Waals surface area contributed by atoms with Crippen molar-refractivity contribution >= 4 is 35.0 Å². The van der Waals surface area contributed by atoms with Crippen LogP contribution in [0.4, 0.5) is 15.9 Å². The van der Waals surface area contributed by atoms with Gasteiger partial charge in [0.2, 0.25) is 0 Å². The number of carbonyl (C=O) groups is 2. The first-order valence-corrected chi connectivity index (χ1v) is 10.1. The molecule has 0 saturated carbocycles. The topological polar surface area (TPSA) is 137 Å². The number of aromatic nitrogens is 2. The van der Waals surface area contributed by atoms with Gasteiger partial charge in [-0.3, -0.25) is 24.0 Å².